The maximum Gasteiger partial charge on any atom is 0.280 e. The first kappa shape index (κ1) is 10.3. The van der Waals surface area contributed by atoms with E-state index in [0.717, 1.165) is 6.07 Å². The molecule has 0 bridgehead atoms. The third kappa shape index (κ3) is 2.10. The van der Waals surface area contributed by atoms with Crippen molar-refractivity contribution >= 4 is 11.6 Å². The van der Waals surface area contributed by atoms with Gasteiger partial charge in [0.05, 0.1) is 5.02 Å². The van der Waals surface area contributed by atoms with Gasteiger partial charge in [-0.1, -0.05) is 11.6 Å². The quantitative estimate of drug-likeness (QED) is 0.761. The molecule has 13 heavy (non-hydrogen) atoms. The highest BCUT2D eigenvalue weighted by molar-refractivity contribution is 6.31. The first-order valence-electron chi connectivity index (χ1n) is 3.39. The van der Waals surface area contributed by atoms with Crippen molar-refractivity contribution in [2.75, 3.05) is 0 Å². The second kappa shape index (κ2) is 3.93. The Morgan fingerprint density at radius 1 is 1.54 bits per heavy atom. The lowest BCUT2D eigenvalue weighted by Gasteiger charge is -2.07. The van der Waals surface area contributed by atoms with Gasteiger partial charge in [-0.3, -0.25) is 0 Å². The van der Waals surface area contributed by atoms with Gasteiger partial charge in [0.1, 0.15) is 5.69 Å². The van der Waals surface area contributed by atoms with E-state index in [1.165, 1.54) is 0 Å². The van der Waals surface area contributed by atoms with Crippen LogP contribution in [-0.2, 0) is 6.54 Å². The molecular weight excluding hydrogens is 205 g/mol. The largest absolute Gasteiger partial charge is 0.326 e. The lowest BCUT2D eigenvalue weighted by Crippen LogP contribution is -2.06. The minimum atomic E-state index is -2.87. The molecule has 0 unspecified atom stereocenters. The molecule has 0 saturated carbocycles. The number of alkyl halides is 2. The van der Waals surface area contributed by atoms with Crippen molar-refractivity contribution in [2.24, 2.45) is 5.73 Å². The van der Waals surface area contributed by atoms with Crippen LogP contribution in [0.4, 0.5) is 13.2 Å². The van der Waals surface area contributed by atoms with Crippen LogP contribution in [0, 0.1) is 5.95 Å². The molecule has 1 heterocycles. The van der Waals surface area contributed by atoms with E-state index in [-0.39, 0.29) is 17.1 Å². The van der Waals surface area contributed by atoms with Gasteiger partial charge in [-0.05, 0) is 0 Å². The third-order valence-electron chi connectivity index (χ3n) is 1.48. The Bertz CT molecular complexity index is 317. The predicted molar refractivity (Wildman–Crippen MR) is 42.1 cm³/mol. The highest BCUT2D eigenvalue weighted by atomic mass is 35.5. The van der Waals surface area contributed by atoms with E-state index in [2.05, 4.69) is 4.98 Å². The summed E-state index contributed by atoms with van der Waals surface area (Å²) in [4.78, 5) is 3.02. The number of aromatic nitrogens is 1. The van der Waals surface area contributed by atoms with Crippen LogP contribution in [0.3, 0.4) is 0 Å². The van der Waals surface area contributed by atoms with Crippen LogP contribution in [0.1, 0.15) is 17.7 Å². The summed E-state index contributed by atoms with van der Waals surface area (Å²) >= 11 is 5.49. The fourth-order valence-electron chi connectivity index (χ4n) is 0.911. The number of nitrogens with zero attached hydrogens (tertiary/aromatic N) is 1. The summed E-state index contributed by atoms with van der Waals surface area (Å²) < 4.78 is 37.0. The summed E-state index contributed by atoms with van der Waals surface area (Å²) in [5.74, 6) is -1.03. The third-order valence-corrected chi connectivity index (χ3v) is 1.82. The number of hydrogen-bond acceptors (Lipinski definition) is 2. The first-order chi connectivity index (χ1) is 6.06. The smallest absolute Gasteiger partial charge is 0.280 e. The van der Waals surface area contributed by atoms with Crippen molar-refractivity contribution in [1.82, 2.24) is 4.98 Å². The molecule has 0 aliphatic heterocycles. The van der Waals surface area contributed by atoms with Crippen molar-refractivity contribution in [3.8, 4) is 0 Å². The minimum absolute atomic E-state index is 0.0157. The molecule has 6 heteroatoms. The maximum absolute atomic E-state index is 12.5. The fourth-order valence-corrected chi connectivity index (χ4v) is 1.18. The number of hydrogen-bond donors (Lipinski definition) is 1. The molecule has 1 aromatic rings. The minimum Gasteiger partial charge on any atom is -0.326 e. The van der Waals surface area contributed by atoms with E-state index in [0.29, 0.717) is 0 Å². The number of pyridine rings is 1. The average molecular weight is 211 g/mol. The molecule has 0 aromatic carbocycles. The van der Waals surface area contributed by atoms with E-state index in [1.807, 2.05) is 0 Å². The van der Waals surface area contributed by atoms with Crippen molar-refractivity contribution in [3.63, 3.8) is 0 Å². The van der Waals surface area contributed by atoms with E-state index >= 15 is 0 Å². The molecule has 0 aliphatic rings. The number of rotatable bonds is 2. The average Bonchev–Trinajstić information content (AvgIpc) is 2.02. The Labute approximate surface area is 77.5 Å². The van der Waals surface area contributed by atoms with Crippen molar-refractivity contribution in [1.29, 1.82) is 0 Å². The van der Waals surface area contributed by atoms with Gasteiger partial charge in [-0.15, -0.1) is 0 Å². The molecule has 72 valence electrons. The molecule has 0 atom stereocenters. The number of nitrogens with two attached hydrogens (primary N) is 1. The number of halogens is 4. The van der Waals surface area contributed by atoms with Gasteiger partial charge in [-0.25, -0.2) is 13.8 Å². The van der Waals surface area contributed by atoms with Gasteiger partial charge >= 0.3 is 0 Å². The molecule has 0 aliphatic carbocycles. The van der Waals surface area contributed by atoms with Gasteiger partial charge in [0, 0.05) is 18.2 Å². The molecule has 0 saturated heterocycles. The molecule has 2 nitrogen and oxygen atoms in total. The van der Waals surface area contributed by atoms with Crippen LogP contribution in [-0.4, -0.2) is 4.98 Å². The molecule has 0 spiro atoms. The molecule has 1 rings (SSSR count). The Kier molecular flexibility index (Phi) is 3.11. The van der Waals surface area contributed by atoms with Crippen LogP contribution < -0.4 is 5.73 Å². The Balaban J connectivity index is 3.29. The Morgan fingerprint density at radius 3 is 2.62 bits per heavy atom. The zero-order chi connectivity index (χ0) is 10.0. The summed E-state index contributed by atoms with van der Waals surface area (Å²) in [6.45, 7) is -0.189. The summed E-state index contributed by atoms with van der Waals surface area (Å²) in [7, 11) is 0. The maximum atomic E-state index is 12.5. The van der Waals surface area contributed by atoms with Crippen molar-refractivity contribution < 1.29 is 13.2 Å². The van der Waals surface area contributed by atoms with Crippen molar-refractivity contribution in [2.45, 2.75) is 13.0 Å². The lowest BCUT2D eigenvalue weighted by molar-refractivity contribution is 0.143. The highest BCUT2D eigenvalue weighted by Gasteiger charge is 2.18. The van der Waals surface area contributed by atoms with Gasteiger partial charge < -0.3 is 5.73 Å². The zero-order valence-electron chi connectivity index (χ0n) is 6.40. The van der Waals surface area contributed by atoms with E-state index in [1.54, 1.807) is 0 Å². The van der Waals surface area contributed by atoms with Crippen LogP contribution >= 0.6 is 11.6 Å². The van der Waals surface area contributed by atoms with Gasteiger partial charge in [0.25, 0.3) is 6.43 Å². The normalized spacial score (nSPS) is 10.9. The van der Waals surface area contributed by atoms with Gasteiger partial charge in [-0.2, -0.15) is 4.39 Å². The van der Waals surface area contributed by atoms with Crippen LogP contribution in [0.25, 0.3) is 0 Å². The van der Waals surface area contributed by atoms with Crippen molar-refractivity contribution in [3.05, 3.63) is 28.3 Å². The summed E-state index contributed by atoms with van der Waals surface area (Å²) in [5, 5.41) is -0.120. The first-order valence-corrected chi connectivity index (χ1v) is 3.77. The van der Waals surface area contributed by atoms with Crippen LogP contribution in [0.5, 0.6) is 0 Å². The fraction of sp³-hybridized carbons (Fsp3) is 0.286. The molecule has 1 aromatic heterocycles. The second-order valence-corrected chi connectivity index (χ2v) is 2.70. The zero-order valence-corrected chi connectivity index (χ0v) is 7.15. The Morgan fingerprint density at radius 2 is 2.15 bits per heavy atom. The van der Waals surface area contributed by atoms with E-state index < -0.39 is 18.1 Å². The summed E-state index contributed by atoms with van der Waals surface area (Å²) in [6, 6.07) is 0.857. The van der Waals surface area contributed by atoms with E-state index in [4.69, 9.17) is 17.3 Å². The monoisotopic (exact) mass is 210 g/mol. The topological polar surface area (TPSA) is 38.9 Å². The standard InChI is InChI=1S/C7H6ClF3N2/c8-4-1-5(9)13-6(7(10)11)3(4)2-12/h1,7H,2,12H2. The summed E-state index contributed by atoms with van der Waals surface area (Å²) in [5.41, 5.74) is 4.46. The van der Waals surface area contributed by atoms with Crippen LogP contribution in [0.2, 0.25) is 5.02 Å². The molecule has 0 amide bonds. The molecule has 0 radical (unpaired) electrons. The van der Waals surface area contributed by atoms with Gasteiger partial charge in [0.15, 0.2) is 0 Å². The molecular formula is C7H6ClF3N2. The lowest BCUT2D eigenvalue weighted by atomic mass is 10.2. The second-order valence-electron chi connectivity index (χ2n) is 2.30. The van der Waals surface area contributed by atoms with E-state index in [9.17, 15) is 13.2 Å². The highest BCUT2D eigenvalue weighted by Crippen LogP contribution is 2.26. The predicted octanol–water partition coefficient (Wildman–Crippen LogP) is 2.27. The SMILES string of the molecule is NCc1c(Cl)cc(F)nc1C(F)F. The van der Waals surface area contributed by atoms with Gasteiger partial charge in [0.2, 0.25) is 5.95 Å². The van der Waals surface area contributed by atoms with Crippen LogP contribution in [0.15, 0.2) is 6.07 Å². The molecule has 0 fully saturated rings. The molecule has 2 N–H and O–H groups in total. The summed E-state index contributed by atoms with van der Waals surface area (Å²) in [6.07, 6.45) is -2.87. The Hall–Kier alpha value is -0.810.